The third-order valence-electron chi connectivity index (χ3n) is 8.70. The Morgan fingerprint density at radius 1 is 0.627 bits per heavy atom. The van der Waals surface area contributed by atoms with Crippen LogP contribution in [0.25, 0.3) is 0 Å². The molecule has 0 bridgehead atoms. The number of nitrogens with two attached hydrogens (primary N) is 1. The maximum absolute atomic E-state index is 12.6. The number of hydrogen-bond acceptors (Lipinski definition) is 10. The number of carbonyl (C=O) groups excluding carboxylic acids is 2. The van der Waals surface area contributed by atoms with Crippen LogP contribution < -0.4 is 5.73 Å². The molecule has 0 saturated heterocycles. The first-order valence-electron chi connectivity index (χ1n) is 21.7. The summed E-state index contributed by atoms with van der Waals surface area (Å²) in [5.41, 5.74) is 5.32. The maximum atomic E-state index is 12.6. The largest absolute Gasteiger partial charge is 0.480 e. The van der Waals surface area contributed by atoms with Gasteiger partial charge in [0.25, 0.3) is 0 Å². The first kappa shape index (κ1) is 55.6. The lowest BCUT2D eigenvalue weighted by Gasteiger charge is -2.20. The molecule has 13 heteroatoms. The lowest BCUT2D eigenvalue weighted by molar-refractivity contribution is -0.161. The van der Waals surface area contributed by atoms with Gasteiger partial charge in [0.1, 0.15) is 12.6 Å². The van der Waals surface area contributed by atoms with Gasteiger partial charge in [0.2, 0.25) is 0 Å². The van der Waals surface area contributed by atoms with E-state index < -0.39 is 57.2 Å². The molecule has 0 heterocycles. The Bertz CT molecular complexity index is 1340. The van der Waals surface area contributed by atoms with Crippen LogP contribution in [0.2, 0.25) is 0 Å². The molecule has 0 spiro atoms. The van der Waals surface area contributed by atoms with E-state index in [4.69, 9.17) is 24.8 Å². The van der Waals surface area contributed by atoms with Crippen LogP contribution in [0.1, 0.15) is 149 Å². The van der Waals surface area contributed by atoms with Gasteiger partial charge in [-0.3, -0.25) is 23.4 Å². The first-order valence-corrected chi connectivity index (χ1v) is 23.2. The summed E-state index contributed by atoms with van der Waals surface area (Å²) in [5.74, 6) is -2.51. The predicted molar refractivity (Wildman–Crippen MR) is 236 cm³/mol. The zero-order valence-corrected chi connectivity index (χ0v) is 36.8. The molecule has 12 nitrogen and oxygen atoms in total. The number of rotatable bonds is 39. The van der Waals surface area contributed by atoms with E-state index >= 15 is 0 Å². The van der Waals surface area contributed by atoms with E-state index in [9.17, 15) is 28.9 Å². The monoisotopic (exact) mass is 850 g/mol. The number of allylic oxidation sites excluding steroid dienone is 12. The summed E-state index contributed by atoms with van der Waals surface area (Å²) in [5, 5.41) is 18.7. The van der Waals surface area contributed by atoms with Gasteiger partial charge < -0.3 is 30.3 Å². The molecule has 5 N–H and O–H groups in total. The Kier molecular flexibility index (Phi) is 37.8. The minimum atomic E-state index is -4.75. The third-order valence-corrected chi connectivity index (χ3v) is 9.65. The Balaban J connectivity index is 4.52. The first-order chi connectivity index (χ1) is 28.5. The summed E-state index contributed by atoms with van der Waals surface area (Å²) in [7, 11) is -4.75. The summed E-state index contributed by atoms with van der Waals surface area (Å²) in [6.45, 7) is 2.45. The molecule has 59 heavy (non-hydrogen) atoms. The fourth-order valence-electron chi connectivity index (χ4n) is 5.27. The second kappa shape index (κ2) is 40.0. The van der Waals surface area contributed by atoms with Crippen LogP contribution in [0.3, 0.4) is 0 Å². The number of carboxylic acids is 1. The van der Waals surface area contributed by atoms with Gasteiger partial charge >= 0.3 is 25.7 Å². The van der Waals surface area contributed by atoms with Gasteiger partial charge in [0.15, 0.2) is 6.10 Å². The van der Waals surface area contributed by atoms with Crippen LogP contribution >= 0.6 is 7.82 Å². The number of phosphoric acid groups is 1. The van der Waals surface area contributed by atoms with Crippen molar-refractivity contribution in [1.29, 1.82) is 0 Å². The van der Waals surface area contributed by atoms with Crippen molar-refractivity contribution in [3.8, 4) is 0 Å². The van der Waals surface area contributed by atoms with Crippen molar-refractivity contribution in [2.45, 2.75) is 167 Å². The molecule has 0 fully saturated rings. The number of aliphatic hydroxyl groups is 1. The van der Waals surface area contributed by atoms with Gasteiger partial charge in [-0.25, -0.2) is 4.57 Å². The Morgan fingerprint density at radius 2 is 1.15 bits per heavy atom. The van der Waals surface area contributed by atoms with Crippen molar-refractivity contribution < 1.29 is 52.6 Å². The Labute approximate surface area is 355 Å². The van der Waals surface area contributed by atoms with E-state index in [0.717, 1.165) is 57.8 Å². The zero-order chi connectivity index (χ0) is 43.7. The maximum Gasteiger partial charge on any atom is 0.472 e. The van der Waals surface area contributed by atoms with E-state index in [1.807, 2.05) is 55.5 Å². The lowest BCUT2D eigenvalue weighted by atomic mass is 10.1. The average molecular weight is 850 g/mol. The zero-order valence-electron chi connectivity index (χ0n) is 35.9. The number of phosphoric ester groups is 1. The van der Waals surface area contributed by atoms with Gasteiger partial charge in [-0.15, -0.1) is 0 Å². The van der Waals surface area contributed by atoms with Crippen molar-refractivity contribution in [3.63, 3.8) is 0 Å². The molecule has 0 radical (unpaired) electrons. The number of ether oxygens (including phenoxy) is 2. The lowest BCUT2D eigenvalue weighted by Crippen LogP contribution is -2.34. The number of carbonyl (C=O) groups is 3. The number of aliphatic hydroxyl groups excluding tert-OH is 1. The molecule has 0 aromatic carbocycles. The average Bonchev–Trinajstić information content (AvgIpc) is 3.21. The van der Waals surface area contributed by atoms with Gasteiger partial charge in [0, 0.05) is 12.8 Å². The second-order valence-electron chi connectivity index (χ2n) is 14.3. The normalized spacial score (nSPS) is 15.1. The van der Waals surface area contributed by atoms with Crippen LogP contribution in [0, 0.1) is 0 Å². The minimum Gasteiger partial charge on any atom is -0.480 e. The SMILES string of the molecule is CC/C=C\C(O)C/C=C/C=C\C/C=C\C/C=C\CCCC(=O)O[C@H](COC(=O)CCCCCCCCC/C=C\C/C=C\CCCCC)COP(=O)(O)OC[C@H](N)C(=O)O. The topological polar surface area (TPSA) is 192 Å². The molecule has 4 atom stereocenters. The van der Waals surface area contributed by atoms with Crippen LogP contribution in [-0.4, -0.2) is 71.1 Å². The fourth-order valence-corrected chi connectivity index (χ4v) is 6.05. The standard InChI is InChI=1S/C46H76NO11P/c1-3-5-7-8-9-10-11-12-13-14-15-16-20-23-26-29-32-36-44(49)55-38-42(39-56-59(53,54)57-40-43(47)46(51)52)58-45(50)37-33-30-27-24-21-18-17-19-22-25-28-31-35-41(48)34-6-4-2/h6,9-10,12-13,17-18,22,24-25,27-28,31,34,41-43,48H,3-5,7-8,11,14-16,19-21,23,26,29-30,32-33,35-40,47H2,1-2H3,(H,51,52)(H,53,54)/b10-9-,13-12-,18-17-,25-22-,27-24-,31-28+,34-6-/t41?,42-,43+/m1/s1. The number of esters is 2. The predicted octanol–water partition coefficient (Wildman–Crippen LogP) is 10.5. The highest BCUT2D eigenvalue weighted by Gasteiger charge is 2.28. The Morgan fingerprint density at radius 3 is 1.78 bits per heavy atom. The molecular weight excluding hydrogens is 773 g/mol. The molecule has 0 aliphatic rings. The van der Waals surface area contributed by atoms with Crippen LogP contribution in [0.4, 0.5) is 0 Å². The van der Waals surface area contributed by atoms with Crippen LogP contribution in [-0.2, 0) is 37.5 Å². The summed E-state index contributed by atoms with van der Waals surface area (Å²) in [4.78, 5) is 45.9. The van der Waals surface area contributed by atoms with Gasteiger partial charge in [-0.05, 0) is 77.0 Å². The van der Waals surface area contributed by atoms with Crippen LogP contribution in [0.5, 0.6) is 0 Å². The quantitative estimate of drug-likeness (QED) is 0.0151. The highest BCUT2D eigenvalue weighted by Crippen LogP contribution is 2.43. The molecule has 2 unspecified atom stereocenters. The molecule has 0 aromatic rings. The summed E-state index contributed by atoms with van der Waals surface area (Å²) in [6.07, 6.45) is 45.6. The van der Waals surface area contributed by atoms with E-state index in [0.29, 0.717) is 25.7 Å². The molecular formula is C46H76NO11P. The van der Waals surface area contributed by atoms with Crippen LogP contribution in [0.15, 0.2) is 85.1 Å². The smallest absolute Gasteiger partial charge is 0.472 e. The van der Waals surface area contributed by atoms with Crippen molar-refractivity contribution in [2.75, 3.05) is 19.8 Å². The summed E-state index contributed by atoms with van der Waals surface area (Å²) in [6, 6.07) is -1.54. The number of unbranched alkanes of at least 4 members (excludes halogenated alkanes) is 11. The molecule has 0 aliphatic heterocycles. The van der Waals surface area contributed by atoms with E-state index in [2.05, 4.69) is 41.8 Å². The molecule has 0 aliphatic carbocycles. The van der Waals surface area contributed by atoms with E-state index in [1.165, 1.54) is 38.5 Å². The summed E-state index contributed by atoms with van der Waals surface area (Å²) < 4.78 is 32.6. The van der Waals surface area contributed by atoms with Crippen molar-refractivity contribution in [2.24, 2.45) is 5.73 Å². The molecule has 0 rings (SSSR count). The van der Waals surface area contributed by atoms with Crippen molar-refractivity contribution >= 4 is 25.7 Å². The van der Waals surface area contributed by atoms with Crippen molar-refractivity contribution in [1.82, 2.24) is 0 Å². The van der Waals surface area contributed by atoms with E-state index in [1.54, 1.807) is 6.08 Å². The third kappa shape index (κ3) is 39.8. The minimum absolute atomic E-state index is 0.0587. The molecule has 0 saturated carbocycles. The number of hydrogen-bond donors (Lipinski definition) is 4. The van der Waals surface area contributed by atoms with Crippen molar-refractivity contribution in [3.05, 3.63) is 85.1 Å². The highest BCUT2D eigenvalue weighted by atomic mass is 31.2. The van der Waals surface area contributed by atoms with E-state index in [-0.39, 0.29) is 19.4 Å². The molecule has 0 aromatic heterocycles. The molecule has 336 valence electrons. The van der Waals surface area contributed by atoms with Gasteiger partial charge in [-0.1, -0.05) is 144 Å². The number of aliphatic carboxylic acids is 1. The Hall–Kier alpha value is -3.38. The number of carboxylic acid groups (broad SMARTS) is 1. The highest BCUT2D eigenvalue weighted by molar-refractivity contribution is 7.47. The summed E-state index contributed by atoms with van der Waals surface area (Å²) >= 11 is 0. The van der Waals surface area contributed by atoms with Gasteiger partial charge in [0.05, 0.1) is 19.3 Å². The fraction of sp³-hybridized carbons (Fsp3) is 0.630. The second-order valence-corrected chi connectivity index (χ2v) is 15.7. The van der Waals surface area contributed by atoms with Gasteiger partial charge in [-0.2, -0.15) is 0 Å². The molecule has 0 amide bonds.